The average Bonchev–Trinajstić information content (AvgIpc) is 2.93. The molecule has 4 unspecified atom stereocenters. The Labute approximate surface area is 236 Å². The Morgan fingerprint density at radius 2 is 1.50 bits per heavy atom. The minimum atomic E-state index is -1.13. The number of aromatic hydroxyl groups is 1. The molecule has 0 aromatic heterocycles. The van der Waals surface area contributed by atoms with E-state index in [9.17, 15) is 25.2 Å². The zero-order valence-electron chi connectivity index (χ0n) is 23.2. The lowest BCUT2D eigenvalue weighted by molar-refractivity contribution is -0.159. The van der Waals surface area contributed by atoms with Gasteiger partial charge in [0.05, 0.1) is 24.7 Å². The van der Waals surface area contributed by atoms with Crippen LogP contribution in [0.25, 0.3) is 0 Å². The third-order valence-electron chi connectivity index (χ3n) is 6.91. The number of carbonyl (C=O) groups is 1. The molecule has 40 heavy (non-hydrogen) atoms. The normalized spacial score (nSPS) is 14.5. The highest BCUT2D eigenvalue weighted by molar-refractivity contribution is 5.74. The maximum absolute atomic E-state index is 13.2. The molecule has 7 nitrogen and oxygen atoms in total. The van der Waals surface area contributed by atoms with E-state index in [2.05, 4.69) is 5.32 Å². The molecule has 214 valence electrons. The molecule has 0 aliphatic heterocycles. The molecule has 3 aromatic rings. The van der Waals surface area contributed by atoms with Gasteiger partial charge < -0.3 is 30.5 Å². The Bertz CT molecular complexity index is 1190. The van der Waals surface area contributed by atoms with Gasteiger partial charge in [-0.1, -0.05) is 72.8 Å². The quantitative estimate of drug-likeness (QED) is 0.145. The van der Waals surface area contributed by atoms with Crippen molar-refractivity contribution in [3.63, 3.8) is 0 Å². The fraction of sp³-hybridized carbons (Fsp3) is 0.364. The first-order chi connectivity index (χ1) is 19.3. The topological polar surface area (TPSA) is 119 Å². The summed E-state index contributed by atoms with van der Waals surface area (Å²) in [5.41, 5.74) is 4.85. The molecule has 3 aromatic carbocycles. The van der Waals surface area contributed by atoms with E-state index in [0.717, 1.165) is 27.8 Å². The minimum Gasteiger partial charge on any atom is -0.508 e. The van der Waals surface area contributed by atoms with E-state index in [1.165, 1.54) is 6.08 Å². The molecule has 3 rings (SSSR count). The number of phenolic OH excluding ortho intramolecular Hbond substituents is 1. The number of benzene rings is 3. The summed E-state index contributed by atoms with van der Waals surface area (Å²) in [5.74, 6) is -1.22. The number of hydrogen-bond acceptors (Lipinski definition) is 7. The van der Waals surface area contributed by atoms with Gasteiger partial charge in [-0.05, 0) is 66.6 Å². The van der Waals surface area contributed by atoms with E-state index in [0.29, 0.717) is 19.5 Å². The molecule has 0 spiro atoms. The molecule has 0 fully saturated rings. The molecule has 4 atom stereocenters. The van der Waals surface area contributed by atoms with Gasteiger partial charge in [-0.2, -0.15) is 0 Å². The van der Waals surface area contributed by atoms with Crippen LogP contribution in [0.15, 0.2) is 84.9 Å². The van der Waals surface area contributed by atoms with Gasteiger partial charge in [0.1, 0.15) is 11.9 Å². The molecule has 0 saturated heterocycles. The predicted octanol–water partition coefficient (Wildman–Crippen LogP) is 3.77. The highest BCUT2D eigenvalue weighted by Crippen LogP contribution is 2.21. The molecule has 0 amide bonds. The molecule has 7 heteroatoms. The van der Waals surface area contributed by atoms with Crippen molar-refractivity contribution in [3.05, 3.63) is 113 Å². The van der Waals surface area contributed by atoms with Crippen LogP contribution in [0.1, 0.15) is 34.2 Å². The van der Waals surface area contributed by atoms with E-state index < -0.39 is 30.2 Å². The van der Waals surface area contributed by atoms with E-state index in [4.69, 9.17) is 4.74 Å². The van der Waals surface area contributed by atoms with Crippen molar-refractivity contribution in [3.8, 4) is 5.75 Å². The monoisotopic (exact) mass is 547 g/mol. The highest BCUT2D eigenvalue weighted by atomic mass is 16.6. The fourth-order valence-electron chi connectivity index (χ4n) is 4.69. The van der Waals surface area contributed by atoms with Crippen LogP contribution in [-0.2, 0) is 28.9 Å². The molecular formula is C33H41NO6. The van der Waals surface area contributed by atoms with Crippen molar-refractivity contribution in [2.45, 2.75) is 58.0 Å². The van der Waals surface area contributed by atoms with Gasteiger partial charge in [0.25, 0.3) is 0 Å². The first-order valence-corrected chi connectivity index (χ1v) is 13.7. The summed E-state index contributed by atoms with van der Waals surface area (Å²) >= 11 is 0. The second-order valence-corrected chi connectivity index (χ2v) is 10.2. The van der Waals surface area contributed by atoms with Crippen LogP contribution in [-0.4, -0.2) is 57.9 Å². The van der Waals surface area contributed by atoms with E-state index in [1.807, 2.05) is 74.5 Å². The average molecular weight is 548 g/mol. The standard InChI is InChI=1S/C33H41NO6/c1-23-16-28(37)17-24(2)31(23)21-34-20-27(36)14-9-15-32(38)30(19-26-12-7-4-8-13-26)33(39)40-29(22-35)18-25-10-5-3-6-11-25/h3-13,15-17,27,29-30,32,34-38H,14,18-22H2,1-2H3. The number of hydrogen-bond donors (Lipinski definition) is 5. The Balaban J connectivity index is 1.57. The van der Waals surface area contributed by atoms with Crippen molar-refractivity contribution < 1.29 is 30.0 Å². The summed E-state index contributed by atoms with van der Waals surface area (Å²) in [4.78, 5) is 13.2. The molecule has 0 aliphatic rings. The van der Waals surface area contributed by atoms with Crippen LogP contribution in [0, 0.1) is 19.8 Å². The van der Waals surface area contributed by atoms with Crippen LogP contribution in [0.2, 0.25) is 0 Å². The minimum absolute atomic E-state index is 0.236. The largest absolute Gasteiger partial charge is 0.508 e. The van der Waals surface area contributed by atoms with Crippen molar-refractivity contribution in [2.75, 3.05) is 13.2 Å². The maximum Gasteiger partial charge on any atom is 0.312 e. The van der Waals surface area contributed by atoms with Crippen LogP contribution >= 0.6 is 0 Å². The Kier molecular flexibility index (Phi) is 12.4. The smallest absolute Gasteiger partial charge is 0.312 e. The third-order valence-corrected chi connectivity index (χ3v) is 6.91. The molecular weight excluding hydrogens is 506 g/mol. The van der Waals surface area contributed by atoms with E-state index in [-0.39, 0.29) is 25.2 Å². The first-order valence-electron chi connectivity index (χ1n) is 13.7. The Morgan fingerprint density at radius 3 is 2.08 bits per heavy atom. The summed E-state index contributed by atoms with van der Waals surface area (Å²) in [7, 11) is 0. The lowest BCUT2D eigenvalue weighted by atomic mass is 9.93. The zero-order chi connectivity index (χ0) is 28.9. The maximum atomic E-state index is 13.2. The van der Waals surface area contributed by atoms with E-state index in [1.54, 1.807) is 18.2 Å². The molecule has 0 heterocycles. The lowest BCUT2D eigenvalue weighted by Crippen LogP contribution is -2.35. The van der Waals surface area contributed by atoms with Gasteiger partial charge in [-0.25, -0.2) is 0 Å². The SMILES string of the molecule is Cc1cc(O)cc(C)c1CNCC(O)CC=CC(O)C(Cc1ccccc1)C(=O)OC(CO)Cc1ccccc1. The lowest BCUT2D eigenvalue weighted by Gasteiger charge is -2.23. The number of rotatable bonds is 15. The number of aryl methyl sites for hydroxylation is 2. The number of ether oxygens (including phenoxy) is 1. The fourth-order valence-corrected chi connectivity index (χ4v) is 4.69. The van der Waals surface area contributed by atoms with Crippen molar-refractivity contribution in [1.29, 1.82) is 0 Å². The third kappa shape index (κ3) is 9.92. The number of carbonyl (C=O) groups excluding carboxylic acids is 1. The highest BCUT2D eigenvalue weighted by Gasteiger charge is 2.29. The van der Waals surface area contributed by atoms with Gasteiger partial charge in [0, 0.05) is 19.5 Å². The molecule has 0 bridgehead atoms. The number of phenols is 1. The summed E-state index contributed by atoms with van der Waals surface area (Å²) in [6, 6.07) is 22.3. The summed E-state index contributed by atoms with van der Waals surface area (Å²) in [6.45, 7) is 4.44. The number of aliphatic hydroxyl groups is 3. The van der Waals surface area contributed by atoms with E-state index >= 15 is 0 Å². The van der Waals surface area contributed by atoms with Crippen LogP contribution in [0.3, 0.4) is 0 Å². The second-order valence-electron chi connectivity index (χ2n) is 10.2. The van der Waals surface area contributed by atoms with Crippen molar-refractivity contribution >= 4 is 5.97 Å². The van der Waals surface area contributed by atoms with Crippen molar-refractivity contribution in [2.24, 2.45) is 5.92 Å². The van der Waals surface area contributed by atoms with Gasteiger partial charge in [-0.15, -0.1) is 0 Å². The molecule has 0 aliphatic carbocycles. The van der Waals surface area contributed by atoms with Crippen molar-refractivity contribution in [1.82, 2.24) is 5.32 Å². The number of nitrogens with one attached hydrogen (secondary N) is 1. The predicted molar refractivity (Wildman–Crippen MR) is 156 cm³/mol. The Morgan fingerprint density at radius 1 is 0.925 bits per heavy atom. The van der Waals surface area contributed by atoms with Crippen LogP contribution in [0.4, 0.5) is 0 Å². The van der Waals surface area contributed by atoms with Gasteiger partial charge in [-0.3, -0.25) is 4.79 Å². The molecule has 0 radical (unpaired) electrons. The first kappa shape index (κ1) is 31.0. The van der Waals surface area contributed by atoms with Gasteiger partial charge in [0.2, 0.25) is 0 Å². The molecule has 0 saturated carbocycles. The Hall–Kier alpha value is -3.49. The van der Waals surface area contributed by atoms with Crippen LogP contribution < -0.4 is 5.32 Å². The summed E-state index contributed by atoms with van der Waals surface area (Å²) in [5, 5.41) is 44.2. The molecule has 5 N–H and O–H groups in total. The summed E-state index contributed by atoms with van der Waals surface area (Å²) in [6.07, 6.45) is 1.58. The van der Waals surface area contributed by atoms with Gasteiger partial charge in [0.15, 0.2) is 0 Å². The second kappa shape index (κ2) is 15.9. The number of aliphatic hydroxyl groups excluding tert-OH is 3. The zero-order valence-corrected chi connectivity index (χ0v) is 23.2. The number of esters is 1. The summed E-state index contributed by atoms with van der Waals surface area (Å²) < 4.78 is 5.65. The van der Waals surface area contributed by atoms with Gasteiger partial charge >= 0.3 is 5.97 Å². The van der Waals surface area contributed by atoms with Crippen LogP contribution in [0.5, 0.6) is 5.75 Å².